The van der Waals surface area contributed by atoms with Crippen LogP contribution in [0.25, 0.3) is 0 Å². The van der Waals surface area contributed by atoms with Gasteiger partial charge in [0.05, 0.1) is 0 Å². The van der Waals surface area contributed by atoms with Crippen LogP contribution in [-0.2, 0) is 9.53 Å². The van der Waals surface area contributed by atoms with Crippen molar-refractivity contribution in [3.8, 4) is 0 Å². The van der Waals surface area contributed by atoms with Gasteiger partial charge in [-0.3, -0.25) is 4.79 Å². The average Bonchev–Trinajstić information content (AvgIpc) is 2.59. The first-order valence-electron chi connectivity index (χ1n) is 4.50. The molecule has 3 nitrogen and oxygen atoms in total. The number of nitrogens with one attached hydrogen (secondary N) is 1. The monoisotopic (exact) mass is 257 g/mol. The van der Waals surface area contributed by atoms with Gasteiger partial charge in [-0.15, -0.1) is 0 Å². The van der Waals surface area contributed by atoms with Gasteiger partial charge in [0, 0.05) is 0 Å². The largest absolute Gasteiger partial charge is 0.338 e. The van der Waals surface area contributed by atoms with Crippen molar-refractivity contribution in [3.63, 3.8) is 0 Å². The third-order valence-corrected chi connectivity index (χ3v) is 3.24. The summed E-state index contributed by atoms with van der Waals surface area (Å²) in [5.41, 5.74) is -0.564. The first-order chi connectivity index (χ1) is 6.43. The van der Waals surface area contributed by atoms with Gasteiger partial charge in [0.2, 0.25) is 3.79 Å². The molecule has 2 aliphatic rings. The third kappa shape index (κ3) is 1.83. The van der Waals surface area contributed by atoms with Crippen molar-refractivity contribution in [2.45, 2.75) is 41.3 Å². The number of hydrogen-bond acceptors (Lipinski definition) is 2. The van der Waals surface area contributed by atoms with E-state index in [-0.39, 0.29) is 5.91 Å². The number of hydrogen-bond donors (Lipinski definition) is 1. The number of alkyl halides is 3. The molecule has 1 heterocycles. The maximum Gasteiger partial charge on any atom is 0.255 e. The molecule has 14 heavy (non-hydrogen) atoms. The molecule has 1 N–H and O–H groups in total. The van der Waals surface area contributed by atoms with Gasteiger partial charge in [0.1, 0.15) is 5.72 Å². The highest BCUT2D eigenvalue weighted by molar-refractivity contribution is 6.68. The second-order valence-electron chi connectivity index (χ2n) is 3.73. The Labute approximate surface area is 97.0 Å². The van der Waals surface area contributed by atoms with Crippen molar-refractivity contribution < 1.29 is 9.53 Å². The summed E-state index contributed by atoms with van der Waals surface area (Å²) in [4.78, 5) is 11.5. The minimum atomic E-state index is -1.68. The van der Waals surface area contributed by atoms with Crippen LogP contribution in [0.1, 0.15) is 25.7 Å². The standard InChI is InChI=1S/C8H10Cl3NO2/c9-8(10,11)5-6(13)12-7(14-5)3-1-2-4-7/h5H,1-4H2,(H,12,13)/t5-/m0/s1. The van der Waals surface area contributed by atoms with Crippen molar-refractivity contribution in [1.82, 2.24) is 5.32 Å². The molecular formula is C8H10Cl3NO2. The number of carbonyl (C=O) groups excluding carboxylic acids is 1. The molecule has 0 aromatic heterocycles. The van der Waals surface area contributed by atoms with Crippen molar-refractivity contribution in [2.24, 2.45) is 0 Å². The van der Waals surface area contributed by atoms with Gasteiger partial charge >= 0.3 is 0 Å². The molecule has 1 aliphatic heterocycles. The van der Waals surface area contributed by atoms with Crippen molar-refractivity contribution in [3.05, 3.63) is 0 Å². The predicted molar refractivity (Wildman–Crippen MR) is 54.5 cm³/mol. The second-order valence-corrected chi connectivity index (χ2v) is 6.10. The quantitative estimate of drug-likeness (QED) is 0.676. The number of ether oxygens (including phenoxy) is 1. The number of carbonyl (C=O) groups is 1. The Hall–Kier alpha value is 0.300. The second kappa shape index (κ2) is 3.41. The molecule has 0 bridgehead atoms. The van der Waals surface area contributed by atoms with Crippen LogP contribution < -0.4 is 5.32 Å². The van der Waals surface area contributed by atoms with Crippen molar-refractivity contribution >= 4 is 40.7 Å². The van der Waals surface area contributed by atoms with Gasteiger partial charge in [0.25, 0.3) is 5.91 Å². The fourth-order valence-electron chi connectivity index (χ4n) is 2.00. The molecule has 0 radical (unpaired) electrons. The molecule has 2 rings (SSSR count). The molecular weight excluding hydrogens is 248 g/mol. The van der Waals surface area contributed by atoms with Crippen LogP contribution in [0.4, 0.5) is 0 Å². The van der Waals surface area contributed by atoms with E-state index >= 15 is 0 Å². The van der Waals surface area contributed by atoms with Crippen LogP contribution in [0.15, 0.2) is 0 Å². The van der Waals surface area contributed by atoms with E-state index in [0.717, 1.165) is 25.7 Å². The number of halogens is 3. The molecule has 0 aromatic rings. The first kappa shape index (κ1) is 10.8. The molecule has 1 amide bonds. The zero-order chi connectivity index (χ0) is 10.4. The van der Waals surface area contributed by atoms with E-state index < -0.39 is 15.6 Å². The molecule has 1 aliphatic carbocycles. The summed E-state index contributed by atoms with van der Waals surface area (Å²) < 4.78 is 3.85. The molecule has 1 saturated carbocycles. The van der Waals surface area contributed by atoms with Gasteiger partial charge < -0.3 is 10.1 Å². The van der Waals surface area contributed by atoms with Crippen molar-refractivity contribution in [1.29, 1.82) is 0 Å². The van der Waals surface area contributed by atoms with Gasteiger partial charge in [-0.1, -0.05) is 34.8 Å². The van der Waals surface area contributed by atoms with Gasteiger partial charge in [-0.05, 0) is 25.7 Å². The van der Waals surface area contributed by atoms with Crippen LogP contribution in [0.2, 0.25) is 0 Å². The van der Waals surface area contributed by atoms with Crippen LogP contribution >= 0.6 is 34.8 Å². The smallest absolute Gasteiger partial charge is 0.255 e. The van der Waals surface area contributed by atoms with E-state index in [4.69, 9.17) is 39.5 Å². The summed E-state index contributed by atoms with van der Waals surface area (Å²) in [6.45, 7) is 0. The lowest BCUT2D eigenvalue weighted by atomic mass is 10.2. The highest BCUT2D eigenvalue weighted by atomic mass is 35.6. The van der Waals surface area contributed by atoms with E-state index in [1.807, 2.05) is 0 Å². The highest BCUT2D eigenvalue weighted by Gasteiger charge is 2.53. The van der Waals surface area contributed by atoms with Crippen LogP contribution in [0.5, 0.6) is 0 Å². The maximum atomic E-state index is 11.5. The minimum absolute atomic E-state index is 0.327. The van der Waals surface area contributed by atoms with Gasteiger partial charge in [-0.2, -0.15) is 0 Å². The molecule has 2 fully saturated rings. The Bertz CT molecular complexity index is 258. The Kier molecular flexibility index (Phi) is 2.63. The zero-order valence-corrected chi connectivity index (χ0v) is 9.62. The SMILES string of the molecule is O=C1NC2(CCCC2)O[C@@H]1C(Cl)(Cl)Cl. The summed E-state index contributed by atoms with van der Waals surface area (Å²) >= 11 is 16.9. The molecule has 0 aromatic carbocycles. The Morgan fingerprint density at radius 1 is 1.36 bits per heavy atom. The third-order valence-electron chi connectivity index (χ3n) is 2.64. The summed E-state index contributed by atoms with van der Waals surface area (Å²) in [5.74, 6) is -0.327. The molecule has 0 unspecified atom stereocenters. The van der Waals surface area contributed by atoms with Crippen LogP contribution in [0.3, 0.4) is 0 Å². The molecule has 1 saturated heterocycles. The highest BCUT2D eigenvalue weighted by Crippen LogP contribution is 2.42. The van der Waals surface area contributed by atoms with Crippen LogP contribution in [-0.4, -0.2) is 21.5 Å². The number of rotatable bonds is 0. The Balaban J connectivity index is 2.14. The zero-order valence-electron chi connectivity index (χ0n) is 7.36. The predicted octanol–water partition coefficient (Wildman–Crippen LogP) is 2.14. The molecule has 6 heteroatoms. The fourth-order valence-corrected chi connectivity index (χ4v) is 2.43. The first-order valence-corrected chi connectivity index (χ1v) is 5.63. The lowest BCUT2D eigenvalue weighted by molar-refractivity contribution is -0.123. The topological polar surface area (TPSA) is 38.3 Å². The van der Waals surface area contributed by atoms with E-state index in [0.29, 0.717) is 0 Å². The summed E-state index contributed by atoms with van der Waals surface area (Å²) in [5, 5.41) is 2.77. The summed E-state index contributed by atoms with van der Waals surface area (Å²) in [6, 6.07) is 0. The molecule has 1 spiro atoms. The lowest BCUT2D eigenvalue weighted by Gasteiger charge is -2.24. The van der Waals surface area contributed by atoms with E-state index in [1.54, 1.807) is 0 Å². The Morgan fingerprint density at radius 3 is 2.36 bits per heavy atom. The molecule has 80 valence electrons. The maximum absolute atomic E-state index is 11.5. The van der Waals surface area contributed by atoms with Gasteiger partial charge in [-0.25, -0.2) is 0 Å². The summed E-state index contributed by atoms with van der Waals surface area (Å²) in [7, 11) is 0. The van der Waals surface area contributed by atoms with E-state index in [2.05, 4.69) is 5.32 Å². The van der Waals surface area contributed by atoms with E-state index in [1.165, 1.54) is 0 Å². The molecule has 1 atom stereocenters. The fraction of sp³-hybridized carbons (Fsp3) is 0.875. The number of amides is 1. The minimum Gasteiger partial charge on any atom is -0.338 e. The van der Waals surface area contributed by atoms with Crippen LogP contribution in [0, 0.1) is 0 Å². The van der Waals surface area contributed by atoms with E-state index in [9.17, 15) is 4.79 Å². The van der Waals surface area contributed by atoms with Gasteiger partial charge in [0.15, 0.2) is 6.10 Å². The summed E-state index contributed by atoms with van der Waals surface area (Å²) in [6.07, 6.45) is 2.69. The lowest BCUT2D eigenvalue weighted by Crippen LogP contribution is -2.39. The van der Waals surface area contributed by atoms with Crippen molar-refractivity contribution in [2.75, 3.05) is 0 Å². The Morgan fingerprint density at radius 2 is 1.93 bits per heavy atom. The normalized spacial score (nSPS) is 31.1. The average molecular weight is 259 g/mol.